The van der Waals surface area contributed by atoms with Crippen molar-refractivity contribution in [2.75, 3.05) is 6.54 Å². The van der Waals surface area contributed by atoms with E-state index in [1.165, 1.54) is 12.2 Å². The molecule has 0 atom stereocenters. The van der Waals surface area contributed by atoms with Crippen molar-refractivity contribution in [3.8, 4) is 0 Å². The van der Waals surface area contributed by atoms with E-state index >= 15 is 0 Å². The summed E-state index contributed by atoms with van der Waals surface area (Å²) >= 11 is 0. The largest absolute Gasteiger partial charge is 0.491 e. The number of alkyl halides is 3. The van der Waals surface area contributed by atoms with Gasteiger partial charge in [0.15, 0.2) is 0 Å². The zero-order chi connectivity index (χ0) is 12.5. The number of allylic oxidation sites excluding steroid dienone is 4. The molecule has 3 nitrogen and oxygen atoms in total. The lowest BCUT2D eigenvalue weighted by Crippen LogP contribution is -2.26. The van der Waals surface area contributed by atoms with Crippen LogP contribution in [0.1, 0.15) is 0 Å². The van der Waals surface area contributed by atoms with Crippen molar-refractivity contribution < 1.29 is 22.7 Å². The Hall–Kier alpha value is -1.98. The van der Waals surface area contributed by atoms with Crippen molar-refractivity contribution >= 4 is 5.97 Å². The van der Waals surface area contributed by atoms with Crippen molar-refractivity contribution in [2.45, 2.75) is 6.18 Å². The first-order valence-electron chi connectivity index (χ1n) is 4.79. The Balaban J connectivity index is 2.11. The molecule has 0 N–H and O–H groups in total. The second kappa shape index (κ2) is 4.12. The Morgan fingerprint density at radius 2 is 2.18 bits per heavy atom. The maximum Gasteiger partial charge on any atom is 0.491 e. The van der Waals surface area contributed by atoms with Crippen LogP contribution in [0.2, 0.25) is 0 Å². The van der Waals surface area contributed by atoms with E-state index in [0.29, 0.717) is 12.2 Å². The van der Waals surface area contributed by atoms with Crippen molar-refractivity contribution in [3.63, 3.8) is 0 Å². The summed E-state index contributed by atoms with van der Waals surface area (Å²) in [7, 11) is 0. The van der Waals surface area contributed by atoms with E-state index in [1.807, 2.05) is 11.0 Å². The number of hydrogen-bond acceptors (Lipinski definition) is 3. The molecule has 0 amide bonds. The standard InChI is InChI=1S/C11H8F3NO2/c12-11(13,14)10(16)17-9-4-6-15-5-2-1-3-8(15)7-9/h1-4,6-7H,5H2. The molecule has 6 heteroatoms. The average Bonchev–Trinajstić information content (AvgIpc) is 2.27. The molecule has 17 heavy (non-hydrogen) atoms. The lowest BCUT2D eigenvalue weighted by molar-refractivity contribution is -0.194. The number of carbonyl (C=O) groups is 1. The number of carbonyl (C=O) groups excluding carboxylic acids is 1. The number of rotatable bonds is 1. The smallest absolute Gasteiger partial charge is 0.420 e. The van der Waals surface area contributed by atoms with Crippen molar-refractivity contribution in [1.82, 2.24) is 4.90 Å². The first-order chi connectivity index (χ1) is 7.97. The van der Waals surface area contributed by atoms with Crippen LogP contribution in [0.15, 0.2) is 48.0 Å². The molecule has 0 saturated carbocycles. The second-order valence-corrected chi connectivity index (χ2v) is 3.42. The summed E-state index contributed by atoms with van der Waals surface area (Å²) < 4.78 is 40.1. The van der Waals surface area contributed by atoms with Gasteiger partial charge >= 0.3 is 12.1 Å². The number of halogens is 3. The molecule has 0 spiro atoms. The van der Waals surface area contributed by atoms with Gasteiger partial charge in [0.25, 0.3) is 0 Å². The van der Waals surface area contributed by atoms with E-state index in [-0.39, 0.29) is 5.76 Å². The molecule has 0 fully saturated rings. The Morgan fingerprint density at radius 1 is 1.41 bits per heavy atom. The van der Waals surface area contributed by atoms with E-state index < -0.39 is 12.1 Å². The minimum absolute atomic E-state index is 0.120. The van der Waals surface area contributed by atoms with Crippen LogP contribution in [0.25, 0.3) is 0 Å². The molecule has 0 aliphatic carbocycles. The fraction of sp³-hybridized carbons (Fsp3) is 0.182. The number of fused-ring (bicyclic) bond motifs is 1. The van der Waals surface area contributed by atoms with E-state index in [1.54, 1.807) is 18.4 Å². The van der Waals surface area contributed by atoms with Gasteiger partial charge in [-0.3, -0.25) is 0 Å². The van der Waals surface area contributed by atoms with Crippen LogP contribution in [-0.4, -0.2) is 23.6 Å². The molecule has 0 bridgehead atoms. The fourth-order valence-electron chi connectivity index (χ4n) is 1.41. The van der Waals surface area contributed by atoms with Gasteiger partial charge in [-0.15, -0.1) is 0 Å². The van der Waals surface area contributed by atoms with E-state index in [2.05, 4.69) is 4.74 Å². The van der Waals surface area contributed by atoms with E-state index in [4.69, 9.17) is 0 Å². The molecule has 90 valence electrons. The minimum atomic E-state index is -4.98. The second-order valence-electron chi connectivity index (χ2n) is 3.42. The third-order valence-corrected chi connectivity index (χ3v) is 2.19. The van der Waals surface area contributed by atoms with Crippen LogP contribution in [0.5, 0.6) is 0 Å². The molecular weight excluding hydrogens is 235 g/mol. The van der Waals surface area contributed by atoms with Gasteiger partial charge in [-0.2, -0.15) is 13.2 Å². The van der Waals surface area contributed by atoms with Gasteiger partial charge in [-0.05, 0) is 12.2 Å². The zero-order valence-corrected chi connectivity index (χ0v) is 8.57. The van der Waals surface area contributed by atoms with Gasteiger partial charge < -0.3 is 9.64 Å². The van der Waals surface area contributed by atoms with Gasteiger partial charge in [0.2, 0.25) is 0 Å². The predicted octanol–water partition coefficient (Wildman–Crippen LogP) is 2.26. The minimum Gasteiger partial charge on any atom is -0.420 e. The van der Waals surface area contributed by atoms with E-state index in [0.717, 1.165) is 0 Å². The molecular formula is C11H8F3NO2. The van der Waals surface area contributed by atoms with Crippen LogP contribution < -0.4 is 0 Å². The zero-order valence-electron chi connectivity index (χ0n) is 8.57. The SMILES string of the molecule is O=C(OC1=CC2=CC=CCN2C=C1)C(F)(F)F. The van der Waals surface area contributed by atoms with Gasteiger partial charge in [-0.25, -0.2) is 4.79 Å². The summed E-state index contributed by atoms with van der Waals surface area (Å²) in [6.07, 6.45) is 4.68. The average molecular weight is 243 g/mol. The first kappa shape index (κ1) is 11.5. The molecule has 2 heterocycles. The summed E-state index contributed by atoms with van der Waals surface area (Å²) in [5.41, 5.74) is 0.681. The summed E-state index contributed by atoms with van der Waals surface area (Å²) in [4.78, 5) is 12.4. The summed E-state index contributed by atoms with van der Waals surface area (Å²) in [6.45, 7) is 0.638. The number of esters is 1. The van der Waals surface area contributed by atoms with Crippen molar-refractivity contribution in [3.05, 3.63) is 48.0 Å². The molecule has 0 saturated heterocycles. The first-order valence-corrected chi connectivity index (χ1v) is 4.79. The summed E-state index contributed by atoms with van der Waals surface area (Å²) in [5, 5.41) is 0. The Morgan fingerprint density at radius 3 is 2.88 bits per heavy atom. The highest BCUT2D eigenvalue weighted by atomic mass is 19.4. The number of hydrogen-bond donors (Lipinski definition) is 0. The molecule has 2 aliphatic heterocycles. The van der Waals surface area contributed by atoms with Gasteiger partial charge in [0, 0.05) is 24.5 Å². The summed E-state index contributed by atoms with van der Waals surface area (Å²) in [6, 6.07) is 0. The molecule has 2 rings (SSSR count). The monoisotopic (exact) mass is 243 g/mol. The Labute approximate surface area is 95.2 Å². The van der Waals surface area contributed by atoms with Gasteiger partial charge in [-0.1, -0.05) is 12.2 Å². The lowest BCUT2D eigenvalue weighted by Gasteiger charge is -2.25. The lowest BCUT2D eigenvalue weighted by atomic mass is 10.2. The topological polar surface area (TPSA) is 29.5 Å². The predicted molar refractivity (Wildman–Crippen MR) is 53.3 cm³/mol. The molecule has 2 aliphatic rings. The van der Waals surface area contributed by atoms with Crippen LogP contribution in [0, 0.1) is 0 Å². The highest BCUT2D eigenvalue weighted by Gasteiger charge is 2.41. The maximum absolute atomic E-state index is 12.0. The molecule has 0 unspecified atom stereocenters. The number of ether oxygens (including phenoxy) is 1. The van der Waals surface area contributed by atoms with Crippen LogP contribution in [-0.2, 0) is 9.53 Å². The molecule has 0 aromatic heterocycles. The van der Waals surface area contributed by atoms with Crippen LogP contribution in [0.4, 0.5) is 13.2 Å². The fourth-order valence-corrected chi connectivity index (χ4v) is 1.41. The highest BCUT2D eigenvalue weighted by Crippen LogP contribution is 2.23. The number of nitrogens with zero attached hydrogens (tertiary/aromatic N) is 1. The van der Waals surface area contributed by atoms with Crippen molar-refractivity contribution in [2.24, 2.45) is 0 Å². The quantitative estimate of drug-likeness (QED) is 0.661. The normalized spacial score (nSPS) is 18.4. The van der Waals surface area contributed by atoms with Crippen LogP contribution >= 0.6 is 0 Å². The highest BCUT2D eigenvalue weighted by molar-refractivity contribution is 5.77. The third kappa shape index (κ3) is 2.58. The Bertz CT molecular complexity index is 458. The molecule has 0 aromatic rings. The van der Waals surface area contributed by atoms with Crippen LogP contribution in [0.3, 0.4) is 0 Å². The maximum atomic E-state index is 12.0. The van der Waals surface area contributed by atoms with Crippen molar-refractivity contribution in [1.29, 1.82) is 0 Å². The van der Waals surface area contributed by atoms with E-state index in [9.17, 15) is 18.0 Å². The molecule has 0 aromatic carbocycles. The summed E-state index contributed by atoms with van der Waals surface area (Å²) in [5.74, 6) is -2.33. The third-order valence-electron chi connectivity index (χ3n) is 2.19. The Kier molecular flexibility index (Phi) is 2.79. The van der Waals surface area contributed by atoms with Gasteiger partial charge in [0.05, 0.1) is 0 Å². The molecule has 0 radical (unpaired) electrons. The van der Waals surface area contributed by atoms with Gasteiger partial charge in [0.1, 0.15) is 5.76 Å².